The van der Waals surface area contributed by atoms with Crippen molar-refractivity contribution in [2.45, 2.75) is 32.0 Å². The fourth-order valence-electron chi connectivity index (χ4n) is 4.06. The van der Waals surface area contributed by atoms with Gasteiger partial charge in [-0.3, -0.25) is 0 Å². The molecule has 1 aliphatic rings. The van der Waals surface area contributed by atoms with Crippen molar-refractivity contribution >= 4 is 31.6 Å². The Kier molecular flexibility index (Phi) is 6.26. The molecule has 0 fully saturated rings. The molecule has 0 radical (unpaired) electrons. The van der Waals surface area contributed by atoms with Crippen LogP contribution in [0.3, 0.4) is 0 Å². The number of hydrogen-bond acceptors (Lipinski definition) is 4. The predicted octanol–water partition coefficient (Wildman–Crippen LogP) is 3.96. The van der Waals surface area contributed by atoms with Crippen LogP contribution in [0, 0.1) is 0 Å². The highest BCUT2D eigenvalue weighted by Crippen LogP contribution is 2.33. The maximum atomic E-state index is 12.8. The van der Waals surface area contributed by atoms with Gasteiger partial charge in [0.15, 0.2) is 0 Å². The summed E-state index contributed by atoms with van der Waals surface area (Å²) in [5.41, 5.74) is 4.27. The SMILES string of the molecule is CS(=O)(=O)N1Cc2cc(Br)ccc2N(Cc2cnc[nH]2)C[C@H]1CCc1ccccc1. The molecule has 6 nitrogen and oxygen atoms in total. The fourth-order valence-corrected chi connectivity index (χ4v) is 5.55. The number of hydrogen-bond donors (Lipinski definition) is 1. The van der Waals surface area contributed by atoms with Gasteiger partial charge in [0.25, 0.3) is 0 Å². The molecule has 1 aromatic heterocycles. The second-order valence-corrected chi connectivity index (χ2v) is 10.6. The number of benzene rings is 2. The number of anilines is 1. The first-order valence-electron chi connectivity index (χ1n) is 9.91. The average Bonchev–Trinajstić information content (AvgIpc) is 3.16. The molecular weight excluding hydrogens is 464 g/mol. The normalized spacial score (nSPS) is 17.5. The third-order valence-corrected chi connectivity index (χ3v) is 7.27. The van der Waals surface area contributed by atoms with Crippen LogP contribution in [0.15, 0.2) is 65.5 Å². The van der Waals surface area contributed by atoms with E-state index in [2.05, 4.69) is 49.0 Å². The molecule has 0 bridgehead atoms. The average molecular weight is 489 g/mol. The number of aromatic amines is 1. The highest BCUT2D eigenvalue weighted by Gasteiger charge is 2.33. The summed E-state index contributed by atoms with van der Waals surface area (Å²) in [4.78, 5) is 9.56. The molecule has 158 valence electrons. The number of aromatic nitrogens is 2. The largest absolute Gasteiger partial charge is 0.364 e. The van der Waals surface area contributed by atoms with E-state index in [-0.39, 0.29) is 6.04 Å². The minimum atomic E-state index is -3.37. The number of halogens is 1. The lowest BCUT2D eigenvalue weighted by molar-refractivity contribution is 0.307. The third-order valence-electron chi connectivity index (χ3n) is 5.50. The van der Waals surface area contributed by atoms with Gasteiger partial charge in [-0.1, -0.05) is 46.3 Å². The molecule has 8 heteroatoms. The van der Waals surface area contributed by atoms with Gasteiger partial charge in [0, 0.05) is 35.5 Å². The Balaban J connectivity index is 1.68. The fraction of sp³-hybridized carbons (Fsp3) is 0.318. The lowest BCUT2D eigenvalue weighted by atomic mass is 10.0. The summed E-state index contributed by atoms with van der Waals surface area (Å²) in [5.74, 6) is 0. The van der Waals surface area contributed by atoms with E-state index < -0.39 is 10.0 Å². The zero-order chi connectivity index (χ0) is 21.1. The number of nitrogens with one attached hydrogen (secondary N) is 1. The number of H-pyrrole nitrogens is 1. The highest BCUT2D eigenvalue weighted by molar-refractivity contribution is 9.10. The maximum absolute atomic E-state index is 12.8. The predicted molar refractivity (Wildman–Crippen MR) is 123 cm³/mol. The van der Waals surface area contributed by atoms with Crippen LogP contribution in [-0.4, -0.2) is 41.5 Å². The van der Waals surface area contributed by atoms with Gasteiger partial charge >= 0.3 is 0 Å². The van der Waals surface area contributed by atoms with Crippen molar-refractivity contribution in [2.24, 2.45) is 0 Å². The molecule has 0 saturated heterocycles. The highest BCUT2D eigenvalue weighted by atomic mass is 79.9. The number of sulfonamides is 1. The van der Waals surface area contributed by atoms with Gasteiger partial charge < -0.3 is 9.88 Å². The van der Waals surface area contributed by atoms with E-state index in [0.29, 0.717) is 19.6 Å². The Labute approximate surface area is 186 Å². The van der Waals surface area contributed by atoms with E-state index in [0.717, 1.165) is 34.3 Å². The van der Waals surface area contributed by atoms with Gasteiger partial charge in [0.2, 0.25) is 10.0 Å². The zero-order valence-electron chi connectivity index (χ0n) is 16.8. The molecule has 3 aromatic rings. The van der Waals surface area contributed by atoms with Gasteiger partial charge in [-0.15, -0.1) is 0 Å². The Morgan fingerprint density at radius 2 is 2.00 bits per heavy atom. The van der Waals surface area contributed by atoms with Crippen LogP contribution in [0.1, 0.15) is 23.2 Å². The second kappa shape index (κ2) is 8.91. The summed E-state index contributed by atoms with van der Waals surface area (Å²) < 4.78 is 28.1. The Bertz CT molecular complexity index is 1090. The molecule has 1 atom stereocenters. The van der Waals surface area contributed by atoms with Crippen molar-refractivity contribution in [3.63, 3.8) is 0 Å². The molecular formula is C22H25BrN4O2S. The summed E-state index contributed by atoms with van der Waals surface area (Å²) in [6.07, 6.45) is 6.38. The maximum Gasteiger partial charge on any atom is 0.211 e. The smallest absolute Gasteiger partial charge is 0.211 e. The van der Waals surface area contributed by atoms with Gasteiger partial charge in [-0.25, -0.2) is 13.4 Å². The van der Waals surface area contributed by atoms with Crippen molar-refractivity contribution in [1.29, 1.82) is 0 Å². The van der Waals surface area contributed by atoms with Gasteiger partial charge in [-0.05, 0) is 42.2 Å². The molecule has 1 aliphatic heterocycles. The standard InChI is InChI=1S/C22H25BrN4O2S/c1-30(28,29)27-13-18-11-19(23)8-10-22(18)26(14-20-12-24-16-25-20)15-21(27)9-7-17-5-3-2-4-6-17/h2-6,8,10-12,16,21H,7,9,13-15H2,1H3,(H,24,25)/t21-/m1/s1. The van der Waals surface area contributed by atoms with Crippen molar-refractivity contribution in [3.05, 3.63) is 82.3 Å². The minimum absolute atomic E-state index is 0.130. The zero-order valence-corrected chi connectivity index (χ0v) is 19.2. The Hall–Kier alpha value is -2.16. The Morgan fingerprint density at radius 3 is 2.70 bits per heavy atom. The molecule has 2 heterocycles. The van der Waals surface area contributed by atoms with E-state index in [1.807, 2.05) is 36.5 Å². The van der Waals surface area contributed by atoms with Crippen LogP contribution in [0.25, 0.3) is 0 Å². The topological polar surface area (TPSA) is 69.3 Å². The van der Waals surface area contributed by atoms with E-state index in [4.69, 9.17) is 0 Å². The monoisotopic (exact) mass is 488 g/mol. The first-order chi connectivity index (χ1) is 14.4. The molecule has 30 heavy (non-hydrogen) atoms. The van der Waals surface area contributed by atoms with E-state index in [1.165, 1.54) is 11.8 Å². The summed E-state index contributed by atoms with van der Waals surface area (Å²) in [6.45, 7) is 1.63. The number of fused-ring (bicyclic) bond motifs is 1. The van der Waals surface area contributed by atoms with Crippen LogP contribution < -0.4 is 4.90 Å². The quantitative estimate of drug-likeness (QED) is 0.570. The lowest BCUT2D eigenvalue weighted by Gasteiger charge is -2.31. The van der Waals surface area contributed by atoms with Gasteiger partial charge in [0.1, 0.15) is 0 Å². The molecule has 0 aliphatic carbocycles. The number of rotatable bonds is 6. The van der Waals surface area contributed by atoms with Crippen LogP contribution in [0.2, 0.25) is 0 Å². The van der Waals surface area contributed by atoms with E-state index in [9.17, 15) is 8.42 Å². The summed E-state index contributed by atoms with van der Waals surface area (Å²) in [6, 6.07) is 16.2. The van der Waals surface area contributed by atoms with Crippen molar-refractivity contribution in [1.82, 2.24) is 14.3 Å². The molecule has 0 amide bonds. The number of nitrogens with zero attached hydrogens (tertiary/aromatic N) is 3. The first kappa shape index (κ1) is 21.1. The van der Waals surface area contributed by atoms with Crippen LogP contribution in [0.5, 0.6) is 0 Å². The summed E-state index contributed by atoms with van der Waals surface area (Å²) >= 11 is 3.54. The van der Waals surface area contributed by atoms with E-state index in [1.54, 1.807) is 10.6 Å². The van der Waals surface area contributed by atoms with Crippen LogP contribution >= 0.6 is 15.9 Å². The summed E-state index contributed by atoms with van der Waals surface area (Å²) in [5, 5.41) is 0. The second-order valence-electron chi connectivity index (χ2n) is 7.72. The molecule has 0 saturated carbocycles. The van der Waals surface area contributed by atoms with Crippen molar-refractivity contribution in [2.75, 3.05) is 17.7 Å². The molecule has 0 spiro atoms. The van der Waals surface area contributed by atoms with Gasteiger partial charge in [-0.2, -0.15) is 4.31 Å². The third kappa shape index (κ3) is 4.94. The lowest BCUT2D eigenvalue weighted by Crippen LogP contribution is -2.44. The van der Waals surface area contributed by atoms with Crippen molar-refractivity contribution < 1.29 is 8.42 Å². The van der Waals surface area contributed by atoms with Gasteiger partial charge in [0.05, 0.1) is 24.8 Å². The minimum Gasteiger partial charge on any atom is -0.364 e. The summed E-state index contributed by atoms with van der Waals surface area (Å²) in [7, 11) is -3.37. The van der Waals surface area contributed by atoms with E-state index >= 15 is 0 Å². The number of aryl methyl sites for hydroxylation is 1. The van der Waals surface area contributed by atoms with Crippen molar-refractivity contribution in [3.8, 4) is 0 Å². The van der Waals surface area contributed by atoms with Crippen LogP contribution in [-0.2, 0) is 29.5 Å². The molecule has 4 rings (SSSR count). The Morgan fingerprint density at radius 1 is 1.20 bits per heavy atom. The molecule has 2 aromatic carbocycles. The first-order valence-corrected chi connectivity index (χ1v) is 12.6. The molecule has 1 N–H and O–H groups in total. The molecule has 0 unspecified atom stereocenters. The number of imidazole rings is 1. The van der Waals surface area contributed by atoms with Crippen LogP contribution in [0.4, 0.5) is 5.69 Å².